The minimum atomic E-state index is 0.375. The Bertz CT molecular complexity index is 406. The monoisotopic (exact) mass is 291 g/mol. The van der Waals surface area contributed by atoms with Crippen LogP contribution in [0.15, 0.2) is 65.7 Å². The minimum absolute atomic E-state index is 0.375. The molecule has 1 rings (SSSR count). The summed E-state index contributed by atoms with van der Waals surface area (Å²) in [5, 5.41) is 3.40. The molecule has 17 heavy (non-hydrogen) atoms. The van der Waals surface area contributed by atoms with Crippen molar-refractivity contribution in [3.05, 3.63) is 65.7 Å². The molecule has 0 saturated carbocycles. The molecule has 2 heteroatoms. The number of nitrogens with one attached hydrogen (secondary N) is 1. The summed E-state index contributed by atoms with van der Waals surface area (Å²) in [7, 11) is 0. The van der Waals surface area contributed by atoms with Crippen LogP contribution < -0.4 is 5.32 Å². The van der Waals surface area contributed by atoms with Crippen molar-refractivity contribution in [2.24, 2.45) is 5.92 Å². The zero-order valence-corrected chi connectivity index (χ0v) is 11.7. The van der Waals surface area contributed by atoms with Crippen molar-refractivity contribution < 1.29 is 0 Å². The van der Waals surface area contributed by atoms with Gasteiger partial charge in [0.15, 0.2) is 0 Å². The second-order valence-corrected chi connectivity index (χ2v) is 4.87. The lowest BCUT2D eigenvalue weighted by atomic mass is 10.0. The zero-order valence-electron chi connectivity index (χ0n) is 10.1. The molecule has 0 heterocycles. The van der Waals surface area contributed by atoms with Crippen LogP contribution in [0, 0.1) is 5.92 Å². The van der Waals surface area contributed by atoms with E-state index in [-0.39, 0.29) is 0 Å². The number of hydrogen-bond acceptors (Lipinski definition) is 1. The standard InChI is InChI=1S/C15H18BrN/c1-4-8-15(13(3)16)12(2)11-17-14-9-6-5-7-10-14/h4-10,12,17H,1,3,11H2,2H3/b15-8-. The predicted molar refractivity (Wildman–Crippen MR) is 80.4 cm³/mol. The largest absolute Gasteiger partial charge is 0.384 e. The molecule has 1 aromatic rings. The fourth-order valence-electron chi connectivity index (χ4n) is 1.59. The highest BCUT2D eigenvalue weighted by atomic mass is 79.9. The second kappa shape index (κ2) is 7.13. The third-order valence-corrected chi connectivity index (χ3v) is 2.99. The summed E-state index contributed by atoms with van der Waals surface area (Å²) in [5.41, 5.74) is 2.31. The van der Waals surface area contributed by atoms with Crippen molar-refractivity contribution in [2.45, 2.75) is 6.92 Å². The van der Waals surface area contributed by atoms with Gasteiger partial charge < -0.3 is 5.32 Å². The molecule has 0 spiro atoms. The topological polar surface area (TPSA) is 12.0 Å². The number of anilines is 1. The average molecular weight is 292 g/mol. The Kier molecular flexibility index (Phi) is 5.78. The molecule has 0 amide bonds. The number of para-hydroxylation sites is 1. The molecule has 1 aromatic carbocycles. The van der Waals surface area contributed by atoms with E-state index in [4.69, 9.17) is 0 Å². The van der Waals surface area contributed by atoms with E-state index in [0.717, 1.165) is 16.7 Å². The van der Waals surface area contributed by atoms with E-state index >= 15 is 0 Å². The zero-order chi connectivity index (χ0) is 12.7. The fourth-order valence-corrected chi connectivity index (χ4v) is 2.11. The van der Waals surface area contributed by atoms with Crippen molar-refractivity contribution in [2.75, 3.05) is 11.9 Å². The van der Waals surface area contributed by atoms with E-state index in [1.807, 2.05) is 24.3 Å². The molecule has 0 aliphatic carbocycles. The normalized spacial score (nSPS) is 12.9. The number of halogens is 1. The maximum atomic E-state index is 3.92. The van der Waals surface area contributed by atoms with Gasteiger partial charge >= 0.3 is 0 Å². The molecule has 1 N–H and O–H groups in total. The summed E-state index contributed by atoms with van der Waals surface area (Å²) in [4.78, 5) is 0. The van der Waals surface area contributed by atoms with Gasteiger partial charge in [-0.25, -0.2) is 0 Å². The van der Waals surface area contributed by atoms with E-state index in [0.29, 0.717) is 5.92 Å². The Balaban J connectivity index is 2.60. The Morgan fingerprint density at radius 2 is 2.06 bits per heavy atom. The Hall–Kier alpha value is -1.28. The van der Waals surface area contributed by atoms with Gasteiger partial charge in [-0.2, -0.15) is 0 Å². The number of allylic oxidation sites excluding steroid dienone is 3. The molecule has 0 fully saturated rings. The highest BCUT2D eigenvalue weighted by molar-refractivity contribution is 9.11. The molecule has 0 radical (unpaired) electrons. The molecular formula is C15H18BrN. The quantitative estimate of drug-likeness (QED) is 0.746. The van der Waals surface area contributed by atoms with Crippen molar-refractivity contribution in [3.63, 3.8) is 0 Å². The maximum absolute atomic E-state index is 3.92. The number of rotatable bonds is 6. The SMILES string of the molecule is C=C/C=C(\C(=C)Br)C(C)CNc1ccccc1. The van der Waals surface area contributed by atoms with Gasteiger partial charge in [-0.05, 0) is 23.6 Å². The van der Waals surface area contributed by atoms with Crippen LogP contribution in [0.3, 0.4) is 0 Å². The van der Waals surface area contributed by atoms with Crippen LogP contribution in [-0.4, -0.2) is 6.54 Å². The van der Waals surface area contributed by atoms with Crippen LogP contribution in [0.1, 0.15) is 6.92 Å². The highest BCUT2D eigenvalue weighted by Gasteiger charge is 2.09. The van der Waals surface area contributed by atoms with Crippen LogP contribution in [0.4, 0.5) is 5.69 Å². The maximum Gasteiger partial charge on any atom is 0.0340 e. The van der Waals surface area contributed by atoms with E-state index in [1.54, 1.807) is 6.08 Å². The first-order valence-electron chi connectivity index (χ1n) is 5.61. The van der Waals surface area contributed by atoms with Gasteiger partial charge in [0.1, 0.15) is 0 Å². The van der Waals surface area contributed by atoms with Crippen LogP contribution in [0.5, 0.6) is 0 Å². The molecule has 1 unspecified atom stereocenters. The molecule has 0 aliphatic heterocycles. The Morgan fingerprint density at radius 3 is 2.59 bits per heavy atom. The molecule has 0 bridgehead atoms. The van der Waals surface area contributed by atoms with Gasteiger partial charge in [0.05, 0.1) is 0 Å². The summed E-state index contributed by atoms with van der Waals surface area (Å²) in [6.07, 6.45) is 3.79. The first-order valence-corrected chi connectivity index (χ1v) is 6.40. The average Bonchev–Trinajstić information content (AvgIpc) is 2.34. The minimum Gasteiger partial charge on any atom is -0.384 e. The van der Waals surface area contributed by atoms with Crippen molar-refractivity contribution in [1.29, 1.82) is 0 Å². The van der Waals surface area contributed by atoms with Crippen LogP contribution in [0.25, 0.3) is 0 Å². The summed E-state index contributed by atoms with van der Waals surface area (Å²) in [6.45, 7) is 10.7. The molecule has 0 saturated heterocycles. The van der Waals surface area contributed by atoms with Gasteiger partial charge in [0.25, 0.3) is 0 Å². The van der Waals surface area contributed by atoms with Gasteiger partial charge in [0, 0.05) is 16.7 Å². The third kappa shape index (κ3) is 4.61. The summed E-state index contributed by atoms with van der Waals surface area (Å²) >= 11 is 3.43. The van der Waals surface area contributed by atoms with Gasteiger partial charge in [-0.1, -0.05) is 66.4 Å². The molecule has 1 atom stereocenters. The lowest BCUT2D eigenvalue weighted by Crippen LogP contribution is -2.13. The summed E-state index contributed by atoms with van der Waals surface area (Å²) < 4.78 is 0.916. The van der Waals surface area contributed by atoms with Gasteiger partial charge in [-0.15, -0.1) is 0 Å². The fraction of sp³-hybridized carbons (Fsp3) is 0.200. The first-order chi connectivity index (χ1) is 8.15. The molecule has 0 aromatic heterocycles. The predicted octanol–water partition coefficient (Wildman–Crippen LogP) is 4.76. The van der Waals surface area contributed by atoms with Crippen molar-refractivity contribution in [3.8, 4) is 0 Å². The van der Waals surface area contributed by atoms with Crippen LogP contribution in [-0.2, 0) is 0 Å². The van der Waals surface area contributed by atoms with E-state index in [1.165, 1.54) is 5.57 Å². The first kappa shape index (κ1) is 13.8. The molecule has 90 valence electrons. The van der Waals surface area contributed by atoms with E-state index in [2.05, 4.69) is 53.5 Å². The number of hydrogen-bond donors (Lipinski definition) is 1. The lowest BCUT2D eigenvalue weighted by molar-refractivity contribution is 0.736. The van der Waals surface area contributed by atoms with E-state index < -0.39 is 0 Å². The number of benzene rings is 1. The lowest BCUT2D eigenvalue weighted by Gasteiger charge is -2.16. The Morgan fingerprint density at radius 1 is 1.41 bits per heavy atom. The van der Waals surface area contributed by atoms with Crippen molar-refractivity contribution >= 4 is 21.6 Å². The highest BCUT2D eigenvalue weighted by Crippen LogP contribution is 2.23. The van der Waals surface area contributed by atoms with Crippen molar-refractivity contribution in [1.82, 2.24) is 0 Å². The van der Waals surface area contributed by atoms with Crippen LogP contribution >= 0.6 is 15.9 Å². The molecule has 0 aliphatic rings. The molecule has 1 nitrogen and oxygen atoms in total. The van der Waals surface area contributed by atoms with Gasteiger partial charge in [0.2, 0.25) is 0 Å². The molecular weight excluding hydrogens is 274 g/mol. The summed E-state index contributed by atoms with van der Waals surface area (Å²) in [5.74, 6) is 0.375. The smallest absolute Gasteiger partial charge is 0.0340 e. The van der Waals surface area contributed by atoms with E-state index in [9.17, 15) is 0 Å². The second-order valence-electron chi connectivity index (χ2n) is 3.91. The van der Waals surface area contributed by atoms with Crippen LogP contribution in [0.2, 0.25) is 0 Å². The summed E-state index contributed by atoms with van der Waals surface area (Å²) in [6, 6.07) is 10.2. The van der Waals surface area contributed by atoms with Gasteiger partial charge in [-0.3, -0.25) is 0 Å². The third-order valence-electron chi connectivity index (χ3n) is 2.53. The Labute approximate surface area is 112 Å².